The van der Waals surface area contributed by atoms with Crippen LogP contribution in [-0.4, -0.2) is 41.0 Å². The predicted molar refractivity (Wildman–Crippen MR) is 103 cm³/mol. The summed E-state index contributed by atoms with van der Waals surface area (Å²) < 4.78 is 0. The van der Waals surface area contributed by atoms with Gasteiger partial charge in [-0.1, -0.05) is 41.4 Å². The Labute approximate surface area is 163 Å². The van der Waals surface area contributed by atoms with Crippen molar-refractivity contribution in [3.8, 4) is 0 Å². The third-order valence-electron chi connectivity index (χ3n) is 5.91. The summed E-state index contributed by atoms with van der Waals surface area (Å²) >= 11 is 5.97. The van der Waals surface area contributed by atoms with E-state index in [9.17, 15) is 9.59 Å². The second-order valence-electron chi connectivity index (χ2n) is 7.49. The molecule has 3 fully saturated rings. The maximum Gasteiger partial charge on any atom is 0.253 e. The van der Waals surface area contributed by atoms with Gasteiger partial charge in [-0.25, -0.2) is 14.9 Å². The van der Waals surface area contributed by atoms with E-state index in [1.807, 2.05) is 0 Å². The quantitative estimate of drug-likeness (QED) is 0.749. The van der Waals surface area contributed by atoms with E-state index in [1.165, 1.54) is 10.5 Å². The summed E-state index contributed by atoms with van der Waals surface area (Å²) in [4.78, 5) is 28.0. The van der Waals surface area contributed by atoms with Crippen LogP contribution in [0.4, 0.5) is 5.69 Å². The van der Waals surface area contributed by atoms with E-state index < -0.39 is 6.04 Å². The van der Waals surface area contributed by atoms with Crippen LogP contribution in [0.2, 0.25) is 5.02 Å². The average molecular weight is 382 g/mol. The highest BCUT2D eigenvalue weighted by atomic mass is 35.5. The minimum atomic E-state index is -0.415. The Hall–Kier alpha value is -2.21. The first-order valence-electron chi connectivity index (χ1n) is 9.29. The minimum Gasteiger partial charge on any atom is -0.274 e. The Morgan fingerprint density at radius 2 is 1.48 bits per heavy atom. The van der Waals surface area contributed by atoms with Crippen LogP contribution in [0, 0.1) is 12.8 Å². The number of halogens is 1. The molecule has 2 aromatic carbocycles. The number of carbonyl (C=O) groups is 2. The van der Waals surface area contributed by atoms with Crippen molar-refractivity contribution in [1.82, 2.24) is 10.0 Å². The Morgan fingerprint density at radius 1 is 0.852 bits per heavy atom. The molecule has 0 unspecified atom stereocenters. The summed E-state index contributed by atoms with van der Waals surface area (Å²) in [6.07, 6.45) is 1.01. The van der Waals surface area contributed by atoms with E-state index in [1.54, 1.807) is 24.3 Å². The molecule has 0 aliphatic carbocycles. The van der Waals surface area contributed by atoms with Crippen molar-refractivity contribution in [3.05, 3.63) is 64.7 Å². The van der Waals surface area contributed by atoms with Crippen LogP contribution in [-0.2, 0) is 9.59 Å². The molecule has 3 aliphatic rings. The van der Waals surface area contributed by atoms with Crippen molar-refractivity contribution in [1.29, 1.82) is 0 Å². The molecular weight excluding hydrogens is 362 g/mol. The van der Waals surface area contributed by atoms with Gasteiger partial charge in [0.25, 0.3) is 5.91 Å². The molecule has 138 valence electrons. The first-order valence-corrected chi connectivity index (χ1v) is 9.67. The highest BCUT2D eigenvalue weighted by Gasteiger charge is 2.62. The van der Waals surface area contributed by atoms with E-state index in [0.717, 1.165) is 25.1 Å². The highest BCUT2D eigenvalue weighted by Crippen LogP contribution is 2.48. The third kappa shape index (κ3) is 2.46. The summed E-state index contributed by atoms with van der Waals surface area (Å²) in [6.45, 7) is 3.75. The average Bonchev–Trinajstić information content (AvgIpc) is 3.30. The number of imide groups is 1. The van der Waals surface area contributed by atoms with E-state index in [0.29, 0.717) is 10.7 Å². The SMILES string of the molecule is Cc1ccc([C@@H]2[C@H]3C(=O)N(c4ccc(Cl)cc4)C(=O)[C@@H]3N3CCCN23)cc1. The highest BCUT2D eigenvalue weighted by molar-refractivity contribution is 6.31. The summed E-state index contributed by atoms with van der Waals surface area (Å²) in [5.74, 6) is -0.627. The zero-order valence-electron chi connectivity index (χ0n) is 15.0. The number of rotatable bonds is 2. The van der Waals surface area contributed by atoms with Crippen molar-refractivity contribution >= 4 is 29.1 Å². The lowest BCUT2D eigenvalue weighted by Gasteiger charge is -2.29. The molecule has 0 aromatic heterocycles. The lowest BCUT2D eigenvalue weighted by molar-refractivity contribution is -0.126. The Balaban J connectivity index is 1.57. The van der Waals surface area contributed by atoms with Gasteiger partial charge >= 0.3 is 0 Å². The number of fused-ring (bicyclic) bond motifs is 3. The van der Waals surface area contributed by atoms with Crippen LogP contribution >= 0.6 is 11.6 Å². The van der Waals surface area contributed by atoms with Gasteiger partial charge in [-0.3, -0.25) is 9.59 Å². The molecule has 3 atom stereocenters. The van der Waals surface area contributed by atoms with Gasteiger partial charge in [0.2, 0.25) is 5.91 Å². The van der Waals surface area contributed by atoms with Gasteiger partial charge in [-0.15, -0.1) is 0 Å². The first-order chi connectivity index (χ1) is 13.1. The second-order valence-corrected chi connectivity index (χ2v) is 7.93. The van der Waals surface area contributed by atoms with E-state index in [4.69, 9.17) is 11.6 Å². The van der Waals surface area contributed by atoms with Crippen LogP contribution < -0.4 is 4.90 Å². The van der Waals surface area contributed by atoms with Crippen LogP contribution in [0.15, 0.2) is 48.5 Å². The van der Waals surface area contributed by atoms with Gasteiger partial charge in [-0.05, 0) is 43.2 Å². The van der Waals surface area contributed by atoms with Crippen molar-refractivity contribution in [3.63, 3.8) is 0 Å². The first kappa shape index (κ1) is 16.9. The van der Waals surface area contributed by atoms with Crippen molar-refractivity contribution in [2.45, 2.75) is 25.4 Å². The zero-order chi connectivity index (χ0) is 18.7. The summed E-state index contributed by atoms with van der Waals surface area (Å²) in [6, 6.07) is 14.7. The van der Waals surface area contributed by atoms with Gasteiger partial charge in [-0.2, -0.15) is 0 Å². The monoisotopic (exact) mass is 381 g/mol. The molecular formula is C21H20ClN3O2. The molecule has 0 radical (unpaired) electrons. The molecule has 3 saturated heterocycles. The Morgan fingerprint density at radius 3 is 2.15 bits per heavy atom. The minimum absolute atomic E-state index is 0.0909. The topological polar surface area (TPSA) is 43.9 Å². The lowest BCUT2D eigenvalue weighted by atomic mass is 9.89. The summed E-state index contributed by atoms with van der Waals surface area (Å²) in [5.41, 5.74) is 2.87. The third-order valence-corrected chi connectivity index (χ3v) is 6.16. The number of nitrogens with zero attached hydrogens (tertiary/aromatic N) is 3. The van der Waals surface area contributed by atoms with Gasteiger partial charge in [0.15, 0.2) is 0 Å². The Kier molecular flexibility index (Phi) is 3.86. The molecule has 2 aromatic rings. The standard InChI is InChI=1S/C21H20ClN3O2/c1-13-3-5-14(6-4-13)18-17-19(24-12-2-11-23(18)24)21(27)25(20(17)26)16-9-7-15(22)8-10-16/h3-10,17-19H,2,11-12H2,1H3/t17-,18-,19-/m1/s1. The van der Waals surface area contributed by atoms with Gasteiger partial charge < -0.3 is 0 Å². The second kappa shape index (κ2) is 6.16. The molecule has 27 heavy (non-hydrogen) atoms. The molecule has 2 amide bonds. The van der Waals surface area contributed by atoms with Gasteiger partial charge in [0.05, 0.1) is 17.6 Å². The smallest absolute Gasteiger partial charge is 0.253 e. The molecule has 5 rings (SSSR count). The molecule has 6 heteroatoms. The number of hydrogen-bond donors (Lipinski definition) is 0. The number of carbonyl (C=O) groups excluding carboxylic acids is 2. The molecule has 3 aliphatic heterocycles. The molecule has 0 spiro atoms. The van der Waals surface area contributed by atoms with Crippen molar-refractivity contribution in [2.24, 2.45) is 5.92 Å². The van der Waals surface area contributed by atoms with Crippen molar-refractivity contribution < 1.29 is 9.59 Å². The maximum atomic E-state index is 13.4. The van der Waals surface area contributed by atoms with Gasteiger partial charge in [0.1, 0.15) is 6.04 Å². The number of benzene rings is 2. The van der Waals surface area contributed by atoms with Gasteiger partial charge in [0, 0.05) is 18.1 Å². The summed E-state index contributed by atoms with van der Waals surface area (Å²) in [5, 5.41) is 4.93. The molecule has 5 nitrogen and oxygen atoms in total. The number of aryl methyl sites for hydroxylation is 1. The molecule has 3 heterocycles. The molecule has 0 bridgehead atoms. The zero-order valence-corrected chi connectivity index (χ0v) is 15.8. The molecule has 0 N–H and O–H groups in total. The number of anilines is 1. The van der Waals surface area contributed by atoms with Crippen LogP contribution in [0.25, 0.3) is 0 Å². The van der Waals surface area contributed by atoms with Crippen molar-refractivity contribution in [2.75, 3.05) is 18.0 Å². The Bertz CT molecular complexity index is 912. The van der Waals surface area contributed by atoms with E-state index >= 15 is 0 Å². The fraction of sp³-hybridized carbons (Fsp3) is 0.333. The number of hydrazine groups is 1. The predicted octanol–water partition coefficient (Wildman–Crippen LogP) is 3.18. The van der Waals surface area contributed by atoms with Crippen LogP contribution in [0.1, 0.15) is 23.6 Å². The van der Waals surface area contributed by atoms with E-state index in [-0.39, 0.29) is 23.8 Å². The van der Waals surface area contributed by atoms with Crippen LogP contribution in [0.5, 0.6) is 0 Å². The number of hydrogen-bond acceptors (Lipinski definition) is 4. The lowest BCUT2D eigenvalue weighted by Crippen LogP contribution is -2.44. The fourth-order valence-electron chi connectivity index (χ4n) is 4.72. The largest absolute Gasteiger partial charge is 0.274 e. The summed E-state index contributed by atoms with van der Waals surface area (Å²) in [7, 11) is 0. The maximum absolute atomic E-state index is 13.4. The normalized spacial score (nSPS) is 28.1. The van der Waals surface area contributed by atoms with E-state index in [2.05, 4.69) is 41.2 Å². The molecule has 0 saturated carbocycles. The van der Waals surface area contributed by atoms with Crippen LogP contribution in [0.3, 0.4) is 0 Å². The number of amides is 2. The fourth-order valence-corrected chi connectivity index (χ4v) is 4.85.